The molecule has 3 atom stereocenters. The summed E-state index contributed by atoms with van der Waals surface area (Å²) in [5.74, 6) is 2.35. The molecular formula is C36H52FN5O7. The molecule has 1 fully saturated rings. The number of carbonyl (C=O) groups excluding carboxylic acids is 2. The third-order valence-electron chi connectivity index (χ3n) is 10.2. The number of imidazole rings is 1. The van der Waals surface area contributed by atoms with E-state index in [-0.39, 0.29) is 47.4 Å². The highest BCUT2D eigenvalue weighted by atomic mass is 19.1. The van der Waals surface area contributed by atoms with E-state index in [1.165, 1.54) is 10.9 Å². The molecule has 2 aromatic rings. The molecule has 2 aromatic heterocycles. The molecular weight excluding hydrogens is 633 g/mol. The average Bonchev–Trinajstić information content (AvgIpc) is 3.68. The molecule has 0 bridgehead atoms. The summed E-state index contributed by atoms with van der Waals surface area (Å²) in [5, 5.41) is 0. The van der Waals surface area contributed by atoms with E-state index >= 15 is 0 Å². The maximum atomic E-state index is 14.1. The zero-order chi connectivity index (χ0) is 36.1. The van der Waals surface area contributed by atoms with Crippen LogP contribution in [0.3, 0.4) is 0 Å². The summed E-state index contributed by atoms with van der Waals surface area (Å²) < 4.78 is 43.6. The lowest BCUT2D eigenvalue weighted by atomic mass is 9.75. The van der Waals surface area contributed by atoms with E-state index in [1.54, 1.807) is 0 Å². The van der Waals surface area contributed by atoms with Gasteiger partial charge in [0.15, 0.2) is 23.1 Å². The predicted molar refractivity (Wildman–Crippen MR) is 184 cm³/mol. The zero-order valence-electron chi connectivity index (χ0n) is 29.4. The Labute approximate surface area is 289 Å². The molecule has 0 saturated carbocycles. The van der Waals surface area contributed by atoms with Gasteiger partial charge in [0.1, 0.15) is 12.8 Å². The van der Waals surface area contributed by atoms with Crippen molar-refractivity contribution in [3.05, 3.63) is 37.7 Å². The van der Waals surface area contributed by atoms with E-state index in [2.05, 4.69) is 61.7 Å². The van der Waals surface area contributed by atoms with Gasteiger partial charge in [-0.15, -0.1) is 19.6 Å². The van der Waals surface area contributed by atoms with Crippen molar-refractivity contribution >= 4 is 29.3 Å². The number of nitrogen functional groups attached to an aromatic ring is 1. The number of allylic oxidation sites excluding steroid dienone is 2. The number of hydrogen-bond acceptors (Lipinski definition) is 11. The molecule has 3 heterocycles. The third kappa shape index (κ3) is 9.71. The van der Waals surface area contributed by atoms with Crippen molar-refractivity contribution in [3.63, 3.8) is 0 Å². The maximum absolute atomic E-state index is 14.1. The third-order valence-corrected chi connectivity index (χ3v) is 10.2. The van der Waals surface area contributed by atoms with Crippen LogP contribution < -0.4 is 5.73 Å². The molecule has 0 amide bonds. The lowest BCUT2D eigenvalue weighted by Crippen LogP contribution is -2.45. The monoisotopic (exact) mass is 685 g/mol. The van der Waals surface area contributed by atoms with Gasteiger partial charge < -0.3 is 29.4 Å². The van der Waals surface area contributed by atoms with Crippen molar-refractivity contribution in [1.82, 2.24) is 19.5 Å². The number of fused-ring (bicyclic) bond motifs is 1. The van der Waals surface area contributed by atoms with Gasteiger partial charge in [-0.1, -0.05) is 71.5 Å². The van der Waals surface area contributed by atoms with Gasteiger partial charge in [-0.05, 0) is 49.4 Å². The molecule has 0 spiro atoms. The summed E-state index contributed by atoms with van der Waals surface area (Å²) in [4.78, 5) is 37.1. The van der Waals surface area contributed by atoms with Crippen LogP contribution >= 0.6 is 0 Å². The second-order valence-corrected chi connectivity index (χ2v) is 12.7. The van der Waals surface area contributed by atoms with Crippen molar-refractivity contribution in [3.8, 4) is 12.3 Å². The molecule has 270 valence electrons. The van der Waals surface area contributed by atoms with Gasteiger partial charge >= 0.3 is 18.4 Å². The van der Waals surface area contributed by atoms with Crippen molar-refractivity contribution in [1.29, 1.82) is 0 Å². The Morgan fingerprint density at radius 1 is 1.04 bits per heavy atom. The van der Waals surface area contributed by atoms with E-state index in [1.807, 2.05) is 12.2 Å². The van der Waals surface area contributed by atoms with Crippen LogP contribution in [0, 0.1) is 29.3 Å². The summed E-state index contributed by atoms with van der Waals surface area (Å²) in [6, 6.07) is 0. The van der Waals surface area contributed by atoms with Crippen LogP contribution in [0.5, 0.6) is 0 Å². The molecule has 1 saturated heterocycles. The number of carbonyl (C=O) groups is 2. The molecule has 13 heteroatoms. The first kappa shape index (κ1) is 39.3. The van der Waals surface area contributed by atoms with Crippen LogP contribution in [-0.2, 0) is 23.7 Å². The molecule has 0 aliphatic carbocycles. The Morgan fingerprint density at radius 2 is 1.61 bits per heavy atom. The van der Waals surface area contributed by atoms with Gasteiger partial charge in [0.05, 0.1) is 19.5 Å². The molecule has 12 nitrogen and oxygen atoms in total. The second kappa shape index (κ2) is 18.0. The van der Waals surface area contributed by atoms with E-state index < -0.39 is 42.9 Å². The molecule has 0 aromatic carbocycles. The summed E-state index contributed by atoms with van der Waals surface area (Å²) >= 11 is 0. The standard InChI is InChI=1S/C36H52FN5O7/c1-8-17-34(10-3,11-4)19-15-21-45-32(43)47-24-36(14-7)26(48-33(44)46-22-16-20-35(12-5,13-6)18-9-2)23-27(49-36)42-25-39-28-29(38)40-31(37)41-30(28)42/h7-9,25-27H,1-2,10-13,15-24H2,3-6H3,(H2,38,40,41)/t26-,27+,36+/m0/s1. The van der Waals surface area contributed by atoms with E-state index in [4.69, 9.17) is 35.8 Å². The Balaban J connectivity index is 1.71. The Bertz CT molecular complexity index is 1470. The van der Waals surface area contributed by atoms with Crippen LogP contribution in [0.25, 0.3) is 11.2 Å². The minimum atomic E-state index is -1.75. The fourth-order valence-electron chi connectivity index (χ4n) is 6.64. The van der Waals surface area contributed by atoms with Gasteiger partial charge in [0.25, 0.3) is 0 Å². The molecule has 1 aliphatic rings. The van der Waals surface area contributed by atoms with Crippen LogP contribution in [0.4, 0.5) is 19.8 Å². The minimum Gasteiger partial charge on any atom is -0.434 e. The normalized spacial score (nSPS) is 19.3. The number of terminal acetylenes is 1. The largest absolute Gasteiger partial charge is 0.508 e. The van der Waals surface area contributed by atoms with E-state index in [0.717, 1.165) is 51.4 Å². The summed E-state index contributed by atoms with van der Waals surface area (Å²) in [6.07, 6.45) is 14.7. The number of halogens is 1. The number of aromatic nitrogens is 4. The highest BCUT2D eigenvalue weighted by molar-refractivity contribution is 5.81. The maximum Gasteiger partial charge on any atom is 0.508 e. The van der Waals surface area contributed by atoms with Crippen molar-refractivity contribution in [2.75, 3.05) is 25.6 Å². The predicted octanol–water partition coefficient (Wildman–Crippen LogP) is 7.84. The number of ether oxygens (including phenoxy) is 5. The lowest BCUT2D eigenvalue weighted by molar-refractivity contribution is -0.105. The molecule has 0 radical (unpaired) electrons. The molecule has 2 N–H and O–H groups in total. The van der Waals surface area contributed by atoms with E-state index in [9.17, 15) is 14.0 Å². The smallest absolute Gasteiger partial charge is 0.434 e. The molecule has 1 aliphatic heterocycles. The first-order valence-electron chi connectivity index (χ1n) is 17.1. The second-order valence-electron chi connectivity index (χ2n) is 12.7. The quantitative estimate of drug-likeness (QED) is 0.0477. The fraction of sp³-hybridized carbons (Fsp3) is 0.639. The molecule has 3 rings (SSSR count). The summed E-state index contributed by atoms with van der Waals surface area (Å²) in [6.45, 7) is 16.1. The topological polar surface area (TPSA) is 150 Å². The van der Waals surface area contributed by atoms with Crippen LogP contribution in [0.2, 0.25) is 0 Å². The Morgan fingerprint density at radius 3 is 2.14 bits per heavy atom. The van der Waals surface area contributed by atoms with Gasteiger partial charge in [0.2, 0.25) is 5.60 Å². The Hall–Kier alpha value is -4.18. The molecule has 49 heavy (non-hydrogen) atoms. The van der Waals surface area contributed by atoms with E-state index in [0.29, 0.717) is 12.8 Å². The Kier molecular flexibility index (Phi) is 14.4. The van der Waals surface area contributed by atoms with Crippen molar-refractivity contribution in [2.45, 2.75) is 116 Å². The highest BCUT2D eigenvalue weighted by Gasteiger charge is 2.53. The fourth-order valence-corrected chi connectivity index (χ4v) is 6.64. The molecule has 0 unspecified atom stereocenters. The van der Waals surface area contributed by atoms with Crippen molar-refractivity contribution < 1.29 is 37.7 Å². The zero-order valence-corrected chi connectivity index (χ0v) is 29.4. The van der Waals surface area contributed by atoms with Crippen molar-refractivity contribution in [2.24, 2.45) is 10.8 Å². The van der Waals surface area contributed by atoms with Crippen LogP contribution in [0.15, 0.2) is 31.6 Å². The number of anilines is 1. The summed E-state index contributed by atoms with van der Waals surface area (Å²) in [7, 11) is 0. The van der Waals surface area contributed by atoms with Gasteiger partial charge in [-0.3, -0.25) is 4.57 Å². The minimum absolute atomic E-state index is 0.0256. The SMILES string of the molecule is C#C[C@]1(COC(=O)OCCCC(CC)(CC)CC=C)O[C@@H](n2cnc3c(N)nc(F)nc32)C[C@@H]1OC(=O)OCCCC(CC)(CC)CC=C. The highest BCUT2D eigenvalue weighted by Crippen LogP contribution is 2.41. The number of nitrogens with two attached hydrogens (primary N) is 1. The first-order chi connectivity index (χ1) is 23.5. The van der Waals surface area contributed by atoms with Gasteiger partial charge in [0, 0.05) is 6.42 Å². The number of rotatable bonds is 20. The average molecular weight is 686 g/mol. The van der Waals surface area contributed by atoms with Crippen LogP contribution in [0.1, 0.15) is 105 Å². The summed E-state index contributed by atoms with van der Waals surface area (Å²) in [5.41, 5.74) is 4.48. The van der Waals surface area contributed by atoms with Gasteiger partial charge in [-0.25, -0.2) is 14.6 Å². The first-order valence-corrected chi connectivity index (χ1v) is 17.1. The number of hydrogen-bond donors (Lipinski definition) is 1. The van der Waals surface area contributed by atoms with Crippen LogP contribution in [-0.4, -0.2) is 63.4 Å². The van der Waals surface area contributed by atoms with Gasteiger partial charge in [-0.2, -0.15) is 14.4 Å². The lowest BCUT2D eigenvalue weighted by Gasteiger charge is -2.31. The number of nitrogens with zero attached hydrogens (tertiary/aromatic N) is 4.